The van der Waals surface area contributed by atoms with Gasteiger partial charge in [-0.05, 0) is 55.4 Å². The molecule has 1 saturated carbocycles. The second kappa shape index (κ2) is 4.31. The fraction of sp³-hybridized carbons (Fsp3) is 0.538. The number of nitrogens with two attached hydrogens (primary N) is 1. The van der Waals surface area contributed by atoms with Gasteiger partial charge in [0.15, 0.2) is 0 Å². The highest BCUT2D eigenvalue weighted by Crippen LogP contribution is 2.32. The molecule has 0 aliphatic heterocycles. The molecule has 1 aliphatic carbocycles. The standard InChI is InChI=1S/C13H18FN/c1-9-5-11(7-12(14)6-9)10-3-2-4-13(15)8-10/h5-7,10,13H,2-4,8,15H2,1H3. The maximum atomic E-state index is 13.2. The molecule has 82 valence electrons. The Labute approximate surface area is 90.5 Å². The van der Waals surface area contributed by atoms with Gasteiger partial charge in [0.2, 0.25) is 0 Å². The maximum absolute atomic E-state index is 13.2. The molecule has 0 bridgehead atoms. The van der Waals surface area contributed by atoms with Gasteiger partial charge in [-0.15, -0.1) is 0 Å². The van der Waals surface area contributed by atoms with Crippen LogP contribution in [0.2, 0.25) is 0 Å². The van der Waals surface area contributed by atoms with Crippen LogP contribution in [0.5, 0.6) is 0 Å². The first-order chi connectivity index (χ1) is 7.15. The van der Waals surface area contributed by atoms with Crippen LogP contribution >= 0.6 is 0 Å². The summed E-state index contributed by atoms with van der Waals surface area (Å²) < 4.78 is 13.2. The summed E-state index contributed by atoms with van der Waals surface area (Å²) in [5.41, 5.74) is 8.08. The topological polar surface area (TPSA) is 26.0 Å². The Bertz CT molecular complexity index is 328. The lowest BCUT2D eigenvalue weighted by Gasteiger charge is -2.27. The van der Waals surface area contributed by atoms with Gasteiger partial charge in [-0.2, -0.15) is 0 Å². The van der Waals surface area contributed by atoms with Crippen molar-refractivity contribution in [3.05, 3.63) is 35.1 Å². The minimum Gasteiger partial charge on any atom is -0.328 e. The quantitative estimate of drug-likeness (QED) is 0.752. The summed E-state index contributed by atoms with van der Waals surface area (Å²) in [6.07, 6.45) is 4.44. The van der Waals surface area contributed by atoms with Gasteiger partial charge in [0.25, 0.3) is 0 Å². The molecule has 0 saturated heterocycles. The summed E-state index contributed by atoms with van der Waals surface area (Å²) in [5.74, 6) is 0.340. The van der Waals surface area contributed by atoms with Crippen molar-refractivity contribution in [1.82, 2.24) is 0 Å². The minimum atomic E-state index is -0.121. The normalized spacial score (nSPS) is 26.6. The predicted octanol–water partition coefficient (Wildman–Crippen LogP) is 3.12. The Morgan fingerprint density at radius 1 is 1.27 bits per heavy atom. The van der Waals surface area contributed by atoms with Crippen LogP contribution in [-0.2, 0) is 0 Å². The van der Waals surface area contributed by atoms with Gasteiger partial charge in [-0.3, -0.25) is 0 Å². The summed E-state index contributed by atoms with van der Waals surface area (Å²) in [5, 5.41) is 0. The van der Waals surface area contributed by atoms with E-state index in [-0.39, 0.29) is 5.82 Å². The Morgan fingerprint density at radius 3 is 2.73 bits per heavy atom. The Kier molecular flexibility index (Phi) is 3.06. The van der Waals surface area contributed by atoms with Gasteiger partial charge in [0, 0.05) is 6.04 Å². The van der Waals surface area contributed by atoms with E-state index in [1.54, 1.807) is 12.1 Å². The van der Waals surface area contributed by atoms with Crippen molar-refractivity contribution in [2.75, 3.05) is 0 Å². The number of aryl methyl sites for hydroxylation is 1. The molecule has 0 amide bonds. The molecular formula is C13H18FN. The van der Waals surface area contributed by atoms with E-state index < -0.39 is 0 Å². The van der Waals surface area contributed by atoms with Gasteiger partial charge >= 0.3 is 0 Å². The summed E-state index contributed by atoms with van der Waals surface area (Å²) >= 11 is 0. The van der Waals surface area contributed by atoms with Crippen LogP contribution in [0.3, 0.4) is 0 Å². The van der Waals surface area contributed by atoms with E-state index in [4.69, 9.17) is 5.73 Å². The summed E-state index contributed by atoms with van der Waals surface area (Å²) in [6.45, 7) is 1.94. The van der Waals surface area contributed by atoms with Crippen molar-refractivity contribution in [2.24, 2.45) is 5.73 Å². The third-order valence-corrected chi connectivity index (χ3v) is 3.25. The Hall–Kier alpha value is -0.890. The molecule has 2 rings (SSSR count). The molecule has 0 spiro atoms. The van der Waals surface area contributed by atoms with Crippen LogP contribution in [0.4, 0.5) is 4.39 Å². The van der Waals surface area contributed by atoms with Crippen LogP contribution in [0.1, 0.15) is 42.7 Å². The van der Waals surface area contributed by atoms with E-state index in [1.807, 2.05) is 6.92 Å². The molecule has 1 aromatic rings. The predicted molar refractivity (Wildman–Crippen MR) is 60.3 cm³/mol. The van der Waals surface area contributed by atoms with Gasteiger partial charge in [0.05, 0.1) is 0 Å². The second-order valence-corrected chi connectivity index (χ2v) is 4.69. The van der Waals surface area contributed by atoms with Crippen molar-refractivity contribution in [3.8, 4) is 0 Å². The van der Waals surface area contributed by atoms with Crippen molar-refractivity contribution in [3.63, 3.8) is 0 Å². The molecule has 0 aromatic heterocycles. The summed E-state index contributed by atoms with van der Waals surface area (Å²) in [7, 11) is 0. The van der Waals surface area contributed by atoms with E-state index in [0.717, 1.165) is 30.4 Å². The van der Waals surface area contributed by atoms with Crippen molar-refractivity contribution >= 4 is 0 Å². The largest absolute Gasteiger partial charge is 0.328 e. The molecule has 1 aliphatic rings. The SMILES string of the molecule is Cc1cc(F)cc(C2CCCC(N)C2)c1. The molecule has 15 heavy (non-hydrogen) atoms. The fourth-order valence-corrected chi connectivity index (χ4v) is 2.53. The average molecular weight is 207 g/mol. The van der Waals surface area contributed by atoms with E-state index in [9.17, 15) is 4.39 Å². The zero-order valence-electron chi connectivity index (χ0n) is 9.17. The van der Waals surface area contributed by atoms with E-state index in [2.05, 4.69) is 6.07 Å². The van der Waals surface area contributed by atoms with Crippen molar-refractivity contribution in [1.29, 1.82) is 0 Å². The highest BCUT2D eigenvalue weighted by Gasteiger charge is 2.21. The highest BCUT2D eigenvalue weighted by atomic mass is 19.1. The molecule has 2 atom stereocenters. The van der Waals surface area contributed by atoms with Crippen LogP contribution in [0, 0.1) is 12.7 Å². The summed E-state index contributed by atoms with van der Waals surface area (Å²) in [6, 6.07) is 5.63. The van der Waals surface area contributed by atoms with Crippen molar-refractivity contribution < 1.29 is 4.39 Å². The summed E-state index contributed by atoms with van der Waals surface area (Å²) in [4.78, 5) is 0. The van der Waals surface area contributed by atoms with Crippen molar-refractivity contribution in [2.45, 2.75) is 44.6 Å². The van der Waals surface area contributed by atoms with E-state index in [1.165, 1.54) is 6.42 Å². The molecule has 1 aromatic carbocycles. The fourth-order valence-electron chi connectivity index (χ4n) is 2.53. The van der Waals surface area contributed by atoms with E-state index >= 15 is 0 Å². The van der Waals surface area contributed by atoms with Gasteiger partial charge in [-0.1, -0.05) is 12.5 Å². The molecule has 2 heteroatoms. The van der Waals surface area contributed by atoms with Crippen LogP contribution in [0.15, 0.2) is 18.2 Å². The number of hydrogen-bond donors (Lipinski definition) is 1. The lowest BCUT2D eigenvalue weighted by atomic mass is 9.81. The molecule has 0 radical (unpaired) electrons. The third-order valence-electron chi connectivity index (χ3n) is 3.25. The van der Waals surface area contributed by atoms with Gasteiger partial charge in [0.1, 0.15) is 5.82 Å². The third kappa shape index (κ3) is 2.57. The molecule has 1 nitrogen and oxygen atoms in total. The molecule has 2 unspecified atom stereocenters. The Balaban J connectivity index is 2.20. The molecule has 1 fully saturated rings. The lowest BCUT2D eigenvalue weighted by molar-refractivity contribution is 0.392. The lowest BCUT2D eigenvalue weighted by Crippen LogP contribution is -2.26. The zero-order chi connectivity index (χ0) is 10.8. The Morgan fingerprint density at radius 2 is 2.07 bits per heavy atom. The second-order valence-electron chi connectivity index (χ2n) is 4.69. The number of rotatable bonds is 1. The minimum absolute atomic E-state index is 0.121. The smallest absolute Gasteiger partial charge is 0.123 e. The van der Waals surface area contributed by atoms with E-state index in [0.29, 0.717) is 12.0 Å². The highest BCUT2D eigenvalue weighted by molar-refractivity contribution is 5.27. The maximum Gasteiger partial charge on any atom is 0.123 e. The molecular weight excluding hydrogens is 189 g/mol. The number of hydrogen-bond acceptors (Lipinski definition) is 1. The van der Waals surface area contributed by atoms with Gasteiger partial charge < -0.3 is 5.73 Å². The first-order valence-corrected chi connectivity index (χ1v) is 5.68. The molecule has 2 N–H and O–H groups in total. The molecule has 0 heterocycles. The van der Waals surface area contributed by atoms with Crippen LogP contribution < -0.4 is 5.73 Å². The van der Waals surface area contributed by atoms with Crippen LogP contribution in [0.25, 0.3) is 0 Å². The first kappa shape index (κ1) is 10.6. The average Bonchev–Trinajstić information content (AvgIpc) is 2.16. The number of benzene rings is 1. The zero-order valence-corrected chi connectivity index (χ0v) is 9.17. The first-order valence-electron chi connectivity index (χ1n) is 5.68. The number of halogens is 1. The van der Waals surface area contributed by atoms with Gasteiger partial charge in [-0.25, -0.2) is 4.39 Å². The van der Waals surface area contributed by atoms with Crippen LogP contribution in [-0.4, -0.2) is 6.04 Å². The monoisotopic (exact) mass is 207 g/mol.